The Balaban J connectivity index is 1.92. The molecule has 0 aliphatic heterocycles. The summed E-state index contributed by atoms with van der Waals surface area (Å²) in [6, 6.07) is 13.1. The normalized spacial score (nSPS) is 11.2. The molecule has 0 radical (unpaired) electrons. The maximum atomic E-state index is 12.5. The number of hydrogen-bond acceptors (Lipinski definition) is 5. The van der Waals surface area contributed by atoms with E-state index in [9.17, 15) is 13.2 Å². The van der Waals surface area contributed by atoms with Crippen molar-refractivity contribution in [3.05, 3.63) is 54.7 Å². The van der Waals surface area contributed by atoms with Crippen LogP contribution in [0.4, 0.5) is 11.5 Å². The van der Waals surface area contributed by atoms with Crippen LogP contribution in [-0.4, -0.2) is 24.5 Å². The van der Waals surface area contributed by atoms with Gasteiger partial charge in [-0.15, -0.1) is 5.10 Å². The number of sulfonamides is 1. The van der Waals surface area contributed by atoms with Crippen molar-refractivity contribution in [1.82, 2.24) is 10.2 Å². The first-order valence-corrected chi connectivity index (χ1v) is 8.55. The van der Waals surface area contributed by atoms with E-state index in [0.29, 0.717) is 11.1 Å². The fourth-order valence-electron chi connectivity index (χ4n) is 2.21. The van der Waals surface area contributed by atoms with Gasteiger partial charge < -0.3 is 5.32 Å². The maximum absolute atomic E-state index is 12.5. The van der Waals surface area contributed by atoms with Crippen molar-refractivity contribution in [3.8, 4) is 0 Å². The summed E-state index contributed by atoms with van der Waals surface area (Å²) in [5.41, 5.74) is 0.520. The van der Waals surface area contributed by atoms with Gasteiger partial charge in [-0.25, -0.2) is 8.42 Å². The van der Waals surface area contributed by atoms with Gasteiger partial charge in [0.05, 0.1) is 11.1 Å². The van der Waals surface area contributed by atoms with Crippen LogP contribution >= 0.6 is 0 Å². The second-order valence-electron chi connectivity index (χ2n) is 5.09. The standard InChI is InChI=1S/C16H14N4O3S/c1-11(21)18-13-6-8-14(9-7-13)24(22,23)20-16-15-5-3-2-4-12(15)10-17-19-16/h2-10H,1H3,(H,18,21)(H,19,20). The summed E-state index contributed by atoms with van der Waals surface area (Å²) in [4.78, 5) is 11.1. The first-order chi connectivity index (χ1) is 11.5. The highest BCUT2D eigenvalue weighted by molar-refractivity contribution is 7.92. The lowest BCUT2D eigenvalue weighted by atomic mass is 10.2. The molecule has 0 unspecified atom stereocenters. The number of carbonyl (C=O) groups excluding carboxylic acids is 1. The topological polar surface area (TPSA) is 101 Å². The lowest BCUT2D eigenvalue weighted by molar-refractivity contribution is -0.114. The number of rotatable bonds is 4. The molecule has 1 aromatic heterocycles. The molecular formula is C16H14N4O3S. The molecule has 0 saturated heterocycles. The molecule has 1 heterocycles. The number of aromatic nitrogens is 2. The van der Waals surface area contributed by atoms with Gasteiger partial charge in [0.25, 0.3) is 10.0 Å². The largest absolute Gasteiger partial charge is 0.326 e. The van der Waals surface area contributed by atoms with E-state index >= 15 is 0 Å². The number of fused-ring (bicyclic) bond motifs is 1. The number of amides is 1. The van der Waals surface area contributed by atoms with Gasteiger partial charge in [0, 0.05) is 23.4 Å². The summed E-state index contributed by atoms with van der Waals surface area (Å²) < 4.78 is 27.5. The molecule has 0 spiro atoms. The summed E-state index contributed by atoms with van der Waals surface area (Å²) in [6.45, 7) is 1.38. The van der Waals surface area contributed by atoms with E-state index in [1.165, 1.54) is 31.2 Å². The minimum Gasteiger partial charge on any atom is -0.326 e. The zero-order valence-electron chi connectivity index (χ0n) is 12.7. The average molecular weight is 342 g/mol. The molecule has 1 amide bonds. The van der Waals surface area contributed by atoms with Crippen LogP contribution in [-0.2, 0) is 14.8 Å². The quantitative estimate of drug-likeness (QED) is 0.758. The van der Waals surface area contributed by atoms with Crippen LogP contribution in [0.1, 0.15) is 6.92 Å². The molecule has 24 heavy (non-hydrogen) atoms. The fraction of sp³-hybridized carbons (Fsp3) is 0.0625. The van der Waals surface area contributed by atoms with Gasteiger partial charge in [-0.05, 0) is 24.3 Å². The average Bonchev–Trinajstić information content (AvgIpc) is 2.55. The van der Waals surface area contributed by atoms with Crippen molar-refractivity contribution >= 4 is 38.2 Å². The Hall–Kier alpha value is -3.00. The van der Waals surface area contributed by atoms with Gasteiger partial charge in [0.15, 0.2) is 5.82 Å². The first-order valence-electron chi connectivity index (χ1n) is 7.06. The van der Waals surface area contributed by atoms with Crippen LogP contribution in [0.25, 0.3) is 10.8 Å². The highest BCUT2D eigenvalue weighted by Gasteiger charge is 2.16. The van der Waals surface area contributed by atoms with Gasteiger partial charge in [0.1, 0.15) is 0 Å². The van der Waals surface area contributed by atoms with Crippen LogP contribution in [0.5, 0.6) is 0 Å². The van der Waals surface area contributed by atoms with Crippen LogP contribution in [0.3, 0.4) is 0 Å². The third-order valence-electron chi connectivity index (χ3n) is 3.29. The molecule has 3 rings (SSSR count). The lowest BCUT2D eigenvalue weighted by Crippen LogP contribution is -2.15. The first kappa shape index (κ1) is 15.9. The second-order valence-corrected chi connectivity index (χ2v) is 6.77. The Morgan fingerprint density at radius 3 is 2.46 bits per heavy atom. The highest BCUT2D eigenvalue weighted by atomic mass is 32.2. The van der Waals surface area contributed by atoms with Crippen molar-refractivity contribution in [3.63, 3.8) is 0 Å². The number of anilines is 2. The van der Waals surface area contributed by atoms with Crippen LogP contribution in [0, 0.1) is 0 Å². The highest BCUT2D eigenvalue weighted by Crippen LogP contribution is 2.23. The van der Waals surface area contributed by atoms with E-state index in [1.54, 1.807) is 18.3 Å². The van der Waals surface area contributed by atoms with E-state index in [0.717, 1.165) is 5.39 Å². The predicted octanol–water partition coefficient (Wildman–Crippen LogP) is 2.39. The molecule has 0 aliphatic rings. The smallest absolute Gasteiger partial charge is 0.263 e. The number of hydrogen-bond donors (Lipinski definition) is 2. The van der Waals surface area contributed by atoms with Crippen molar-refractivity contribution in [2.75, 3.05) is 10.0 Å². The molecule has 2 N–H and O–H groups in total. The Morgan fingerprint density at radius 2 is 1.75 bits per heavy atom. The van der Waals surface area contributed by atoms with Crippen LogP contribution in [0.15, 0.2) is 59.6 Å². The fourth-order valence-corrected chi connectivity index (χ4v) is 3.23. The number of nitrogens with one attached hydrogen (secondary N) is 2. The minimum atomic E-state index is -3.82. The Kier molecular flexibility index (Phi) is 4.13. The third kappa shape index (κ3) is 3.33. The molecule has 7 nitrogen and oxygen atoms in total. The van der Waals surface area contributed by atoms with E-state index in [1.807, 2.05) is 12.1 Å². The van der Waals surface area contributed by atoms with E-state index in [2.05, 4.69) is 20.2 Å². The molecular weight excluding hydrogens is 328 g/mol. The zero-order valence-corrected chi connectivity index (χ0v) is 13.5. The molecule has 8 heteroatoms. The molecule has 0 bridgehead atoms. The van der Waals surface area contributed by atoms with Crippen molar-refractivity contribution in [2.24, 2.45) is 0 Å². The van der Waals surface area contributed by atoms with Gasteiger partial charge in [-0.3, -0.25) is 9.52 Å². The second kappa shape index (κ2) is 6.25. The molecule has 0 fully saturated rings. The van der Waals surface area contributed by atoms with Crippen molar-refractivity contribution < 1.29 is 13.2 Å². The zero-order chi connectivity index (χ0) is 17.2. The Morgan fingerprint density at radius 1 is 1.04 bits per heavy atom. The minimum absolute atomic E-state index is 0.0614. The van der Waals surface area contributed by atoms with Gasteiger partial charge >= 0.3 is 0 Å². The van der Waals surface area contributed by atoms with E-state index < -0.39 is 10.0 Å². The molecule has 3 aromatic rings. The summed E-state index contributed by atoms with van der Waals surface area (Å²) >= 11 is 0. The molecule has 0 aliphatic carbocycles. The van der Waals surface area contributed by atoms with Crippen molar-refractivity contribution in [1.29, 1.82) is 0 Å². The summed E-state index contributed by atoms with van der Waals surface area (Å²) in [6.07, 6.45) is 1.56. The van der Waals surface area contributed by atoms with Crippen molar-refractivity contribution in [2.45, 2.75) is 11.8 Å². The van der Waals surface area contributed by atoms with E-state index in [4.69, 9.17) is 0 Å². The molecule has 2 aromatic carbocycles. The monoisotopic (exact) mass is 342 g/mol. The summed E-state index contributed by atoms with van der Waals surface area (Å²) in [5, 5.41) is 11.7. The lowest BCUT2D eigenvalue weighted by Gasteiger charge is -2.09. The molecule has 122 valence electrons. The molecule has 0 saturated carbocycles. The predicted molar refractivity (Wildman–Crippen MR) is 91.1 cm³/mol. The molecule has 0 atom stereocenters. The van der Waals surface area contributed by atoms with Gasteiger partial charge in [-0.2, -0.15) is 5.10 Å². The van der Waals surface area contributed by atoms with Crippen LogP contribution in [0.2, 0.25) is 0 Å². The SMILES string of the molecule is CC(=O)Nc1ccc(S(=O)(=O)Nc2nncc3ccccc23)cc1. The van der Waals surface area contributed by atoms with E-state index in [-0.39, 0.29) is 16.6 Å². The summed E-state index contributed by atoms with van der Waals surface area (Å²) in [5.74, 6) is -0.0613. The van der Waals surface area contributed by atoms with Gasteiger partial charge in [-0.1, -0.05) is 24.3 Å². The third-order valence-corrected chi connectivity index (χ3v) is 4.64. The van der Waals surface area contributed by atoms with Crippen LogP contribution < -0.4 is 10.0 Å². The van der Waals surface area contributed by atoms with Gasteiger partial charge in [0.2, 0.25) is 5.91 Å². The summed E-state index contributed by atoms with van der Waals surface area (Å²) in [7, 11) is -3.82. The number of benzene rings is 2. The Labute approximate surface area is 138 Å². The Bertz CT molecular complexity index is 996. The maximum Gasteiger partial charge on any atom is 0.263 e. The number of carbonyl (C=O) groups is 1. The number of nitrogens with zero attached hydrogens (tertiary/aromatic N) is 2.